The van der Waals surface area contributed by atoms with Gasteiger partial charge in [0.1, 0.15) is 6.61 Å². The summed E-state index contributed by atoms with van der Waals surface area (Å²) in [5.41, 5.74) is 1.78. The third-order valence-corrected chi connectivity index (χ3v) is 3.64. The van der Waals surface area contributed by atoms with Gasteiger partial charge < -0.3 is 9.26 Å². The molecule has 0 amide bonds. The van der Waals surface area contributed by atoms with Gasteiger partial charge in [-0.05, 0) is 24.3 Å². The summed E-state index contributed by atoms with van der Waals surface area (Å²) >= 11 is 0. The van der Waals surface area contributed by atoms with Crippen molar-refractivity contribution in [2.24, 2.45) is 0 Å². The first kappa shape index (κ1) is 17.6. The molecule has 0 aliphatic rings. The highest BCUT2D eigenvalue weighted by atomic mass is 19.4. The molecule has 8 nitrogen and oxygen atoms in total. The van der Waals surface area contributed by atoms with Gasteiger partial charge in [0, 0.05) is 30.2 Å². The molecule has 0 fully saturated rings. The maximum atomic E-state index is 12.6. The Bertz CT molecular complexity index is 1080. The van der Waals surface area contributed by atoms with Gasteiger partial charge in [-0.25, -0.2) is 9.67 Å². The molecule has 0 radical (unpaired) electrons. The molecular weight excluding hydrogens is 377 g/mol. The van der Waals surface area contributed by atoms with Gasteiger partial charge in [0.05, 0.1) is 17.6 Å². The van der Waals surface area contributed by atoms with Crippen LogP contribution in [0.2, 0.25) is 0 Å². The number of halogens is 3. The fraction of sp³-hybridized carbons (Fsp3) is 0.118. The molecular formula is C17H11F3N6O2. The Balaban J connectivity index is 1.51. The smallest absolute Gasteiger partial charge is 0.471 e. The van der Waals surface area contributed by atoms with E-state index < -0.39 is 12.1 Å². The van der Waals surface area contributed by atoms with Gasteiger partial charge in [-0.15, -0.1) is 0 Å². The number of rotatable bonds is 5. The van der Waals surface area contributed by atoms with Crippen molar-refractivity contribution in [3.05, 3.63) is 66.7 Å². The van der Waals surface area contributed by atoms with Crippen molar-refractivity contribution in [1.29, 1.82) is 0 Å². The molecule has 142 valence electrons. The van der Waals surface area contributed by atoms with Crippen molar-refractivity contribution in [2.45, 2.75) is 12.8 Å². The van der Waals surface area contributed by atoms with Crippen molar-refractivity contribution in [2.75, 3.05) is 0 Å². The van der Waals surface area contributed by atoms with E-state index in [4.69, 9.17) is 4.74 Å². The van der Waals surface area contributed by atoms with E-state index >= 15 is 0 Å². The molecule has 28 heavy (non-hydrogen) atoms. The first-order valence-electron chi connectivity index (χ1n) is 7.94. The SMILES string of the molecule is FC(F)(F)c1nc(-c2ccnc(OCc3ccnn3-c3cccnc3)c2)no1. The molecule has 0 spiro atoms. The lowest BCUT2D eigenvalue weighted by Gasteiger charge is -2.08. The average molecular weight is 388 g/mol. The third kappa shape index (κ3) is 3.68. The van der Waals surface area contributed by atoms with Crippen molar-refractivity contribution in [3.8, 4) is 23.0 Å². The van der Waals surface area contributed by atoms with E-state index in [0.717, 1.165) is 11.4 Å². The Hall–Kier alpha value is -3.76. The summed E-state index contributed by atoms with van der Waals surface area (Å²) in [7, 11) is 0. The molecule has 0 aromatic carbocycles. The standard InChI is InChI=1S/C17H11F3N6O2/c18-17(19,20)16-24-15(25-28-16)11-3-6-22-14(8-11)27-10-13-4-7-23-26(13)12-2-1-5-21-9-12/h1-9H,10H2. The molecule has 4 heterocycles. The fourth-order valence-electron chi connectivity index (χ4n) is 2.38. The monoisotopic (exact) mass is 388 g/mol. The maximum absolute atomic E-state index is 12.6. The maximum Gasteiger partial charge on any atom is 0.471 e. The van der Waals surface area contributed by atoms with Crippen LogP contribution in [0.3, 0.4) is 0 Å². The quantitative estimate of drug-likeness (QED) is 0.518. The van der Waals surface area contributed by atoms with Gasteiger partial charge >= 0.3 is 12.1 Å². The van der Waals surface area contributed by atoms with E-state index in [2.05, 4.69) is 29.7 Å². The Morgan fingerprint density at radius 1 is 1.11 bits per heavy atom. The lowest BCUT2D eigenvalue weighted by atomic mass is 10.2. The molecule has 0 N–H and O–H groups in total. The fourth-order valence-corrected chi connectivity index (χ4v) is 2.38. The van der Waals surface area contributed by atoms with E-state index in [9.17, 15) is 13.2 Å². The van der Waals surface area contributed by atoms with Gasteiger partial charge in [-0.1, -0.05) is 5.16 Å². The molecule has 0 bridgehead atoms. The predicted octanol–water partition coefficient (Wildman–Crippen LogP) is 3.31. The van der Waals surface area contributed by atoms with Crippen molar-refractivity contribution in [1.82, 2.24) is 29.9 Å². The molecule has 4 rings (SSSR count). The van der Waals surface area contributed by atoms with Gasteiger partial charge in [0.25, 0.3) is 0 Å². The summed E-state index contributed by atoms with van der Waals surface area (Å²) in [4.78, 5) is 11.4. The Kier molecular flexibility index (Phi) is 4.47. The van der Waals surface area contributed by atoms with Crippen LogP contribution < -0.4 is 4.74 Å². The Morgan fingerprint density at radius 3 is 2.75 bits per heavy atom. The zero-order chi connectivity index (χ0) is 19.6. The number of alkyl halides is 3. The van der Waals surface area contributed by atoms with Crippen LogP contribution in [0.5, 0.6) is 5.88 Å². The zero-order valence-electron chi connectivity index (χ0n) is 14.0. The lowest BCUT2D eigenvalue weighted by Crippen LogP contribution is -2.06. The van der Waals surface area contributed by atoms with Crippen molar-refractivity contribution in [3.63, 3.8) is 0 Å². The predicted molar refractivity (Wildman–Crippen MR) is 88.2 cm³/mol. The molecule has 0 atom stereocenters. The summed E-state index contributed by atoms with van der Waals surface area (Å²) in [5.74, 6) is -1.43. The van der Waals surface area contributed by atoms with Crippen molar-refractivity contribution >= 4 is 0 Å². The highest BCUT2D eigenvalue weighted by Crippen LogP contribution is 2.29. The largest absolute Gasteiger partial charge is 0.471 e. The van der Waals surface area contributed by atoms with Gasteiger partial charge in [-0.3, -0.25) is 4.98 Å². The highest BCUT2D eigenvalue weighted by molar-refractivity contribution is 5.55. The van der Waals surface area contributed by atoms with Crippen LogP contribution in [0, 0.1) is 0 Å². The van der Waals surface area contributed by atoms with Crippen LogP contribution in [0.15, 0.2) is 59.6 Å². The highest BCUT2D eigenvalue weighted by Gasteiger charge is 2.38. The van der Waals surface area contributed by atoms with Gasteiger partial charge in [0.2, 0.25) is 11.7 Å². The van der Waals surface area contributed by atoms with E-state index in [0.29, 0.717) is 0 Å². The molecule has 11 heteroatoms. The van der Waals surface area contributed by atoms with E-state index in [1.165, 1.54) is 18.3 Å². The van der Waals surface area contributed by atoms with Crippen molar-refractivity contribution < 1.29 is 22.4 Å². The first-order chi connectivity index (χ1) is 13.5. The average Bonchev–Trinajstić information content (AvgIpc) is 3.37. The number of hydrogen-bond acceptors (Lipinski definition) is 7. The lowest BCUT2D eigenvalue weighted by molar-refractivity contribution is -0.159. The van der Waals surface area contributed by atoms with E-state index in [-0.39, 0.29) is 23.9 Å². The van der Waals surface area contributed by atoms with E-state index in [1.54, 1.807) is 35.4 Å². The van der Waals surface area contributed by atoms with Crippen LogP contribution >= 0.6 is 0 Å². The van der Waals surface area contributed by atoms with Crippen LogP contribution in [0.4, 0.5) is 13.2 Å². The van der Waals surface area contributed by atoms with Crippen LogP contribution in [0.25, 0.3) is 17.1 Å². The molecule has 0 unspecified atom stereocenters. The topological polar surface area (TPSA) is 91.8 Å². The van der Waals surface area contributed by atoms with Crippen LogP contribution in [-0.2, 0) is 12.8 Å². The number of aromatic nitrogens is 6. The second-order valence-corrected chi connectivity index (χ2v) is 5.54. The minimum absolute atomic E-state index is 0.130. The Morgan fingerprint density at radius 2 is 2.00 bits per heavy atom. The summed E-state index contributed by atoms with van der Waals surface area (Å²) in [6, 6.07) is 8.28. The number of pyridine rings is 2. The summed E-state index contributed by atoms with van der Waals surface area (Å²) in [5, 5.41) is 7.57. The van der Waals surface area contributed by atoms with E-state index in [1.807, 2.05) is 6.07 Å². The van der Waals surface area contributed by atoms with Crippen LogP contribution in [-0.4, -0.2) is 29.9 Å². The molecule has 0 aliphatic carbocycles. The number of hydrogen-bond donors (Lipinski definition) is 0. The second kappa shape index (κ2) is 7.10. The minimum Gasteiger partial charge on any atom is -0.471 e. The first-order valence-corrected chi connectivity index (χ1v) is 7.94. The Labute approximate surface area is 155 Å². The molecule has 4 aromatic heterocycles. The van der Waals surface area contributed by atoms with Crippen LogP contribution in [0.1, 0.15) is 11.6 Å². The number of ether oxygens (including phenoxy) is 1. The summed E-state index contributed by atoms with van der Waals surface area (Å²) in [6.07, 6.45) is 1.60. The molecule has 4 aromatic rings. The summed E-state index contributed by atoms with van der Waals surface area (Å²) < 4.78 is 49.4. The molecule has 0 aliphatic heterocycles. The third-order valence-electron chi connectivity index (χ3n) is 3.64. The molecule has 0 saturated heterocycles. The molecule has 0 saturated carbocycles. The zero-order valence-corrected chi connectivity index (χ0v) is 14.0. The minimum atomic E-state index is -4.71. The normalized spacial score (nSPS) is 11.5. The van der Waals surface area contributed by atoms with Gasteiger partial charge in [0.15, 0.2) is 0 Å². The number of nitrogens with zero attached hydrogens (tertiary/aromatic N) is 6. The van der Waals surface area contributed by atoms with Gasteiger partial charge in [-0.2, -0.15) is 23.3 Å². The summed E-state index contributed by atoms with van der Waals surface area (Å²) in [6.45, 7) is 0.130. The second-order valence-electron chi connectivity index (χ2n) is 5.54.